The zero-order chi connectivity index (χ0) is 12.7. The number of nitrogens with zero attached hydrogens (tertiary/aromatic N) is 1. The van der Waals surface area contributed by atoms with Gasteiger partial charge in [-0.2, -0.15) is 0 Å². The highest BCUT2D eigenvalue weighted by molar-refractivity contribution is 5.77. The van der Waals surface area contributed by atoms with Crippen LogP contribution in [0.15, 0.2) is 47.3 Å². The number of aromatic amines is 1. The number of hydrogen-bond acceptors (Lipinski definition) is 1. The molecule has 0 aliphatic heterocycles. The summed E-state index contributed by atoms with van der Waals surface area (Å²) in [5.74, 6) is 0. The number of aryl methyl sites for hydroxylation is 1. The van der Waals surface area contributed by atoms with E-state index in [1.165, 1.54) is 5.56 Å². The molecular formula is C15H14N2O. The molecule has 0 bridgehead atoms. The van der Waals surface area contributed by atoms with E-state index in [-0.39, 0.29) is 5.69 Å². The molecule has 90 valence electrons. The van der Waals surface area contributed by atoms with E-state index in [0.29, 0.717) is 0 Å². The fraction of sp³-hybridized carbons (Fsp3) is 0.133. The quantitative estimate of drug-likeness (QED) is 0.695. The number of nitrogens with one attached hydrogen (secondary N) is 1. The largest absolute Gasteiger partial charge is 0.331 e. The van der Waals surface area contributed by atoms with Gasteiger partial charge in [-0.05, 0) is 43.2 Å². The normalized spacial score (nSPS) is 11.0. The fourth-order valence-electron chi connectivity index (χ4n) is 2.27. The van der Waals surface area contributed by atoms with Crippen molar-refractivity contribution in [3.05, 3.63) is 64.1 Å². The Morgan fingerprint density at radius 2 is 1.78 bits per heavy atom. The SMILES string of the molecule is Cc1cccc(-n2c(=O)[nH]c3ccccc32)c1C. The number of benzene rings is 2. The highest BCUT2D eigenvalue weighted by Gasteiger charge is 2.10. The second-order valence-electron chi connectivity index (χ2n) is 4.50. The molecule has 1 N–H and O–H groups in total. The lowest BCUT2D eigenvalue weighted by molar-refractivity contribution is 0.999. The van der Waals surface area contributed by atoms with Crippen LogP contribution in [0.5, 0.6) is 0 Å². The van der Waals surface area contributed by atoms with Crippen molar-refractivity contribution in [2.75, 3.05) is 0 Å². The third-order valence-corrected chi connectivity index (χ3v) is 3.41. The fourth-order valence-corrected chi connectivity index (χ4v) is 2.27. The van der Waals surface area contributed by atoms with Gasteiger partial charge in [-0.1, -0.05) is 24.3 Å². The third kappa shape index (κ3) is 1.48. The molecule has 0 spiro atoms. The summed E-state index contributed by atoms with van der Waals surface area (Å²) >= 11 is 0. The van der Waals surface area contributed by atoms with Gasteiger partial charge in [0.15, 0.2) is 0 Å². The Hall–Kier alpha value is -2.29. The Morgan fingerprint density at radius 1 is 1.00 bits per heavy atom. The Morgan fingerprint density at radius 3 is 2.61 bits per heavy atom. The summed E-state index contributed by atoms with van der Waals surface area (Å²) in [5.41, 5.74) is 4.94. The van der Waals surface area contributed by atoms with E-state index in [4.69, 9.17) is 0 Å². The van der Waals surface area contributed by atoms with Gasteiger partial charge in [-0.3, -0.25) is 4.57 Å². The summed E-state index contributed by atoms with van der Waals surface area (Å²) < 4.78 is 1.73. The van der Waals surface area contributed by atoms with Gasteiger partial charge in [0.2, 0.25) is 0 Å². The molecule has 0 radical (unpaired) electrons. The van der Waals surface area contributed by atoms with Gasteiger partial charge < -0.3 is 4.98 Å². The maximum absolute atomic E-state index is 12.1. The maximum Gasteiger partial charge on any atom is 0.331 e. The zero-order valence-electron chi connectivity index (χ0n) is 10.4. The molecule has 0 aliphatic rings. The van der Waals surface area contributed by atoms with Crippen molar-refractivity contribution in [1.82, 2.24) is 9.55 Å². The number of hydrogen-bond donors (Lipinski definition) is 1. The van der Waals surface area contributed by atoms with Crippen LogP contribution < -0.4 is 5.69 Å². The Kier molecular flexibility index (Phi) is 2.33. The first kappa shape index (κ1) is 10.8. The lowest BCUT2D eigenvalue weighted by Gasteiger charge is -2.09. The lowest BCUT2D eigenvalue weighted by atomic mass is 10.1. The van der Waals surface area contributed by atoms with E-state index in [1.54, 1.807) is 4.57 Å². The van der Waals surface area contributed by atoms with Crippen LogP contribution in [0.25, 0.3) is 16.7 Å². The smallest absolute Gasteiger partial charge is 0.305 e. The average Bonchev–Trinajstić information content (AvgIpc) is 2.69. The number of aromatic nitrogens is 2. The predicted molar refractivity (Wildman–Crippen MR) is 73.4 cm³/mol. The van der Waals surface area contributed by atoms with Gasteiger partial charge in [-0.15, -0.1) is 0 Å². The Balaban J connectivity index is 2.42. The van der Waals surface area contributed by atoms with Crippen molar-refractivity contribution in [1.29, 1.82) is 0 Å². The van der Waals surface area contributed by atoms with Crippen LogP contribution in [-0.4, -0.2) is 9.55 Å². The van der Waals surface area contributed by atoms with E-state index in [1.807, 2.05) is 43.3 Å². The Labute approximate surface area is 105 Å². The summed E-state index contributed by atoms with van der Waals surface area (Å²) in [4.78, 5) is 15.0. The first-order valence-corrected chi connectivity index (χ1v) is 5.95. The van der Waals surface area contributed by atoms with Gasteiger partial charge in [0.1, 0.15) is 0 Å². The molecule has 0 fully saturated rings. The second-order valence-corrected chi connectivity index (χ2v) is 4.50. The van der Waals surface area contributed by atoms with Crippen LogP contribution >= 0.6 is 0 Å². The van der Waals surface area contributed by atoms with Crippen LogP contribution in [0.4, 0.5) is 0 Å². The molecule has 0 unspecified atom stereocenters. The summed E-state index contributed by atoms with van der Waals surface area (Å²) in [6, 6.07) is 13.7. The molecule has 0 saturated heterocycles. The van der Waals surface area contributed by atoms with Crippen molar-refractivity contribution in [2.45, 2.75) is 13.8 Å². The van der Waals surface area contributed by atoms with Gasteiger partial charge in [-0.25, -0.2) is 4.79 Å². The van der Waals surface area contributed by atoms with Crippen LogP contribution in [0.2, 0.25) is 0 Å². The molecule has 0 aliphatic carbocycles. The Bertz CT molecular complexity index is 781. The minimum Gasteiger partial charge on any atom is -0.305 e. The predicted octanol–water partition coefficient (Wildman–Crippen LogP) is 2.94. The first-order valence-electron chi connectivity index (χ1n) is 5.95. The van der Waals surface area contributed by atoms with E-state index in [9.17, 15) is 4.79 Å². The van der Waals surface area contributed by atoms with Crippen LogP contribution in [0, 0.1) is 13.8 Å². The molecule has 2 aromatic carbocycles. The number of rotatable bonds is 1. The van der Waals surface area contributed by atoms with Crippen LogP contribution in [0.1, 0.15) is 11.1 Å². The van der Waals surface area contributed by atoms with Gasteiger partial charge >= 0.3 is 5.69 Å². The number of fused-ring (bicyclic) bond motifs is 1. The molecule has 0 saturated carbocycles. The van der Waals surface area contributed by atoms with E-state index in [0.717, 1.165) is 22.3 Å². The van der Waals surface area contributed by atoms with Gasteiger partial charge in [0.05, 0.1) is 16.7 Å². The topological polar surface area (TPSA) is 37.8 Å². The van der Waals surface area contributed by atoms with E-state index >= 15 is 0 Å². The number of para-hydroxylation sites is 2. The molecule has 1 heterocycles. The van der Waals surface area contributed by atoms with E-state index < -0.39 is 0 Å². The highest BCUT2D eigenvalue weighted by atomic mass is 16.1. The van der Waals surface area contributed by atoms with Crippen LogP contribution in [-0.2, 0) is 0 Å². The summed E-state index contributed by atoms with van der Waals surface area (Å²) in [5, 5.41) is 0. The molecule has 1 aromatic heterocycles. The molecule has 3 aromatic rings. The first-order chi connectivity index (χ1) is 8.68. The molecule has 3 nitrogen and oxygen atoms in total. The highest BCUT2D eigenvalue weighted by Crippen LogP contribution is 2.20. The number of imidazole rings is 1. The van der Waals surface area contributed by atoms with Crippen molar-refractivity contribution in [3.63, 3.8) is 0 Å². The molecule has 0 atom stereocenters. The second kappa shape index (κ2) is 3.88. The maximum atomic E-state index is 12.1. The van der Waals surface area contributed by atoms with Crippen molar-refractivity contribution < 1.29 is 0 Å². The monoisotopic (exact) mass is 238 g/mol. The number of H-pyrrole nitrogens is 1. The third-order valence-electron chi connectivity index (χ3n) is 3.41. The molecule has 3 heteroatoms. The average molecular weight is 238 g/mol. The standard InChI is InChI=1S/C15H14N2O/c1-10-6-5-9-13(11(10)2)17-14-8-4-3-7-12(14)16-15(17)18/h3-9H,1-2H3,(H,16,18). The van der Waals surface area contributed by atoms with Gasteiger partial charge in [0, 0.05) is 0 Å². The van der Waals surface area contributed by atoms with Gasteiger partial charge in [0.25, 0.3) is 0 Å². The van der Waals surface area contributed by atoms with E-state index in [2.05, 4.69) is 18.0 Å². The van der Waals surface area contributed by atoms with Crippen molar-refractivity contribution in [3.8, 4) is 5.69 Å². The molecular weight excluding hydrogens is 224 g/mol. The minimum absolute atomic E-state index is 0.0927. The summed E-state index contributed by atoms with van der Waals surface area (Å²) in [6.07, 6.45) is 0. The lowest BCUT2D eigenvalue weighted by Crippen LogP contribution is -2.15. The molecule has 0 amide bonds. The zero-order valence-corrected chi connectivity index (χ0v) is 10.4. The molecule has 18 heavy (non-hydrogen) atoms. The van der Waals surface area contributed by atoms with Crippen molar-refractivity contribution in [2.24, 2.45) is 0 Å². The van der Waals surface area contributed by atoms with Crippen LogP contribution in [0.3, 0.4) is 0 Å². The minimum atomic E-state index is -0.0927. The summed E-state index contributed by atoms with van der Waals surface area (Å²) in [6.45, 7) is 4.09. The summed E-state index contributed by atoms with van der Waals surface area (Å²) in [7, 11) is 0. The van der Waals surface area contributed by atoms with Crippen molar-refractivity contribution >= 4 is 11.0 Å². The molecule has 3 rings (SSSR count).